The molecule has 3 N–H and O–H groups in total. The van der Waals surface area contributed by atoms with E-state index in [1.54, 1.807) is 25.2 Å². The number of carbonyl (C=O) groups is 2. The Morgan fingerprint density at radius 1 is 1.00 bits per heavy atom. The average molecular weight is 394 g/mol. The Hall–Kier alpha value is -2.45. The van der Waals surface area contributed by atoms with Crippen molar-refractivity contribution in [1.29, 1.82) is 0 Å². The SMILES string of the molecule is Cc1ccc(NC(=O)C[NH+](C)CC(=O)Nc2ccccc2SC(F)F)cc1. The lowest BCUT2D eigenvalue weighted by atomic mass is 10.2. The van der Waals surface area contributed by atoms with Crippen molar-refractivity contribution in [2.24, 2.45) is 0 Å². The first kappa shape index (κ1) is 20.9. The van der Waals surface area contributed by atoms with Gasteiger partial charge in [-0.05, 0) is 31.2 Å². The number of alkyl halides is 2. The predicted octanol–water partition coefficient (Wildman–Crippen LogP) is 2.40. The van der Waals surface area contributed by atoms with Crippen LogP contribution in [-0.4, -0.2) is 37.7 Å². The van der Waals surface area contributed by atoms with Crippen molar-refractivity contribution in [2.75, 3.05) is 30.8 Å². The number of halogens is 2. The summed E-state index contributed by atoms with van der Waals surface area (Å²) in [5.41, 5.74) is 2.13. The first-order chi connectivity index (χ1) is 12.8. The maximum Gasteiger partial charge on any atom is 0.288 e. The summed E-state index contributed by atoms with van der Waals surface area (Å²) < 4.78 is 25.2. The number of thioether (sulfide) groups is 1. The number of quaternary nitrogens is 1. The van der Waals surface area contributed by atoms with Gasteiger partial charge < -0.3 is 15.5 Å². The average Bonchev–Trinajstić information content (AvgIpc) is 2.58. The van der Waals surface area contributed by atoms with Gasteiger partial charge in [-0.25, -0.2) is 0 Å². The Bertz CT molecular complexity index is 785. The Morgan fingerprint density at radius 3 is 2.22 bits per heavy atom. The highest BCUT2D eigenvalue weighted by Crippen LogP contribution is 2.31. The monoisotopic (exact) mass is 394 g/mol. The molecular weight excluding hydrogens is 372 g/mol. The van der Waals surface area contributed by atoms with Crippen LogP contribution in [-0.2, 0) is 9.59 Å². The van der Waals surface area contributed by atoms with E-state index in [1.165, 1.54) is 6.07 Å². The molecule has 0 saturated carbocycles. The van der Waals surface area contributed by atoms with Crippen molar-refractivity contribution >= 4 is 35.0 Å². The third kappa shape index (κ3) is 7.36. The van der Waals surface area contributed by atoms with Gasteiger partial charge in [0.25, 0.3) is 17.6 Å². The molecule has 8 heteroatoms. The quantitative estimate of drug-likeness (QED) is 0.603. The lowest BCUT2D eigenvalue weighted by Crippen LogP contribution is -3.11. The predicted molar refractivity (Wildman–Crippen MR) is 103 cm³/mol. The standard InChI is InChI=1S/C19H21F2N3O2S/c1-13-7-9-14(10-8-13)22-17(25)11-24(2)12-18(26)23-15-5-3-4-6-16(15)27-19(20)21/h3-10,19H,11-12H2,1-2H3,(H,22,25)(H,23,26)/p+1. The normalized spacial score (nSPS) is 11.9. The fraction of sp³-hybridized carbons (Fsp3) is 0.263. The Labute approximate surface area is 161 Å². The van der Waals surface area contributed by atoms with Crippen molar-refractivity contribution in [1.82, 2.24) is 0 Å². The molecule has 2 aromatic rings. The molecule has 0 radical (unpaired) electrons. The van der Waals surface area contributed by atoms with Crippen LogP contribution in [0.2, 0.25) is 0 Å². The zero-order chi connectivity index (χ0) is 19.8. The number of nitrogens with one attached hydrogen (secondary N) is 3. The molecule has 27 heavy (non-hydrogen) atoms. The summed E-state index contributed by atoms with van der Waals surface area (Å²) in [6.45, 7) is 2.10. The third-order valence-corrected chi connectivity index (χ3v) is 4.43. The van der Waals surface area contributed by atoms with E-state index in [-0.39, 0.29) is 24.9 Å². The first-order valence-electron chi connectivity index (χ1n) is 8.35. The fourth-order valence-electron chi connectivity index (χ4n) is 2.42. The summed E-state index contributed by atoms with van der Waals surface area (Å²) in [5, 5.41) is 5.41. The Morgan fingerprint density at radius 2 is 1.59 bits per heavy atom. The largest absolute Gasteiger partial charge is 0.322 e. The molecule has 2 aromatic carbocycles. The highest BCUT2D eigenvalue weighted by molar-refractivity contribution is 7.99. The van der Waals surface area contributed by atoms with E-state index in [0.717, 1.165) is 5.56 Å². The van der Waals surface area contributed by atoms with Gasteiger partial charge in [0, 0.05) is 10.6 Å². The number of rotatable bonds is 8. The second kappa shape index (κ2) is 10.0. The summed E-state index contributed by atoms with van der Waals surface area (Å²) in [7, 11) is 1.72. The Kier molecular flexibility index (Phi) is 7.75. The van der Waals surface area contributed by atoms with Gasteiger partial charge in [0.05, 0.1) is 12.7 Å². The Balaban J connectivity index is 1.85. The minimum atomic E-state index is -2.57. The second-order valence-corrected chi connectivity index (χ2v) is 7.18. The van der Waals surface area contributed by atoms with Crippen LogP contribution in [0.5, 0.6) is 0 Å². The van der Waals surface area contributed by atoms with Crippen LogP contribution in [0, 0.1) is 6.92 Å². The van der Waals surface area contributed by atoms with Crippen LogP contribution in [0.25, 0.3) is 0 Å². The van der Waals surface area contributed by atoms with Gasteiger partial charge in [-0.1, -0.05) is 41.6 Å². The molecule has 2 rings (SSSR count). The molecule has 0 heterocycles. The van der Waals surface area contributed by atoms with Crippen LogP contribution >= 0.6 is 11.8 Å². The van der Waals surface area contributed by atoms with E-state index in [9.17, 15) is 18.4 Å². The maximum atomic E-state index is 12.6. The molecule has 0 saturated heterocycles. The zero-order valence-electron chi connectivity index (χ0n) is 15.1. The number of hydrogen-bond donors (Lipinski definition) is 3. The van der Waals surface area contributed by atoms with Crippen molar-refractivity contribution in [3.63, 3.8) is 0 Å². The molecule has 144 valence electrons. The van der Waals surface area contributed by atoms with E-state index < -0.39 is 5.76 Å². The van der Waals surface area contributed by atoms with Crippen LogP contribution in [0.3, 0.4) is 0 Å². The van der Waals surface area contributed by atoms with E-state index in [2.05, 4.69) is 10.6 Å². The number of benzene rings is 2. The van der Waals surface area contributed by atoms with Crippen LogP contribution in [0.4, 0.5) is 20.2 Å². The summed E-state index contributed by atoms with van der Waals surface area (Å²) >= 11 is 0.380. The molecule has 0 aliphatic heterocycles. The minimum absolute atomic E-state index is 0.0367. The molecule has 2 amide bonds. The number of aryl methyl sites for hydroxylation is 1. The number of para-hydroxylation sites is 1. The second-order valence-electron chi connectivity index (χ2n) is 6.15. The van der Waals surface area contributed by atoms with Crippen LogP contribution < -0.4 is 15.5 Å². The van der Waals surface area contributed by atoms with E-state index in [1.807, 2.05) is 31.2 Å². The molecule has 0 aromatic heterocycles. The van der Waals surface area contributed by atoms with Gasteiger partial charge in [-0.15, -0.1) is 0 Å². The zero-order valence-corrected chi connectivity index (χ0v) is 15.9. The van der Waals surface area contributed by atoms with Crippen molar-refractivity contribution in [3.05, 3.63) is 54.1 Å². The molecule has 1 unspecified atom stereocenters. The van der Waals surface area contributed by atoms with E-state index in [0.29, 0.717) is 32.9 Å². The number of amides is 2. The van der Waals surface area contributed by atoms with Gasteiger partial charge in [-0.3, -0.25) is 9.59 Å². The molecule has 0 aliphatic carbocycles. The molecule has 0 spiro atoms. The fourth-order valence-corrected chi connectivity index (χ4v) is 3.01. The lowest BCUT2D eigenvalue weighted by Gasteiger charge is -2.15. The molecule has 0 bridgehead atoms. The van der Waals surface area contributed by atoms with Gasteiger partial charge in [-0.2, -0.15) is 8.78 Å². The summed E-state index contributed by atoms with van der Waals surface area (Å²) in [5.74, 6) is -3.13. The summed E-state index contributed by atoms with van der Waals surface area (Å²) in [6, 6.07) is 13.8. The van der Waals surface area contributed by atoms with Gasteiger partial charge in [0.15, 0.2) is 13.1 Å². The molecule has 0 fully saturated rings. The maximum absolute atomic E-state index is 12.6. The number of likely N-dealkylation sites (N-methyl/N-ethyl adjacent to an activating group) is 1. The molecule has 0 aliphatic rings. The first-order valence-corrected chi connectivity index (χ1v) is 9.23. The molecular formula is C19H22F2N3O2S+. The van der Waals surface area contributed by atoms with Crippen LogP contribution in [0.15, 0.2) is 53.4 Å². The van der Waals surface area contributed by atoms with Crippen molar-refractivity contribution in [3.8, 4) is 0 Å². The van der Waals surface area contributed by atoms with E-state index >= 15 is 0 Å². The smallest absolute Gasteiger partial charge is 0.288 e. The lowest BCUT2D eigenvalue weighted by molar-refractivity contribution is -0.862. The molecule has 5 nitrogen and oxygen atoms in total. The van der Waals surface area contributed by atoms with Gasteiger partial charge >= 0.3 is 0 Å². The van der Waals surface area contributed by atoms with Crippen molar-refractivity contribution < 1.29 is 23.3 Å². The van der Waals surface area contributed by atoms with Crippen LogP contribution in [0.1, 0.15) is 5.56 Å². The highest BCUT2D eigenvalue weighted by Gasteiger charge is 2.16. The van der Waals surface area contributed by atoms with Gasteiger partial charge in [0.1, 0.15) is 0 Å². The van der Waals surface area contributed by atoms with Crippen molar-refractivity contribution in [2.45, 2.75) is 17.6 Å². The molecule has 1 atom stereocenters. The minimum Gasteiger partial charge on any atom is -0.322 e. The number of anilines is 2. The summed E-state index contributed by atoms with van der Waals surface area (Å²) in [4.78, 5) is 25.2. The third-order valence-electron chi connectivity index (χ3n) is 3.64. The number of carbonyl (C=O) groups excluding carboxylic acids is 2. The highest BCUT2D eigenvalue weighted by atomic mass is 32.2. The summed E-state index contributed by atoms with van der Waals surface area (Å²) in [6.07, 6.45) is 0. The number of hydrogen-bond acceptors (Lipinski definition) is 3. The van der Waals surface area contributed by atoms with Gasteiger partial charge in [0.2, 0.25) is 0 Å². The van der Waals surface area contributed by atoms with E-state index in [4.69, 9.17) is 0 Å². The topological polar surface area (TPSA) is 62.6 Å².